The number of carbonyl (C=O) groups excluding carboxylic acids is 1. The summed E-state index contributed by atoms with van der Waals surface area (Å²) in [6.45, 7) is 0.976. The molecule has 5 aromatic rings. The third-order valence-electron chi connectivity index (χ3n) is 6.49. The van der Waals surface area contributed by atoms with Crippen molar-refractivity contribution in [2.24, 2.45) is 0 Å². The van der Waals surface area contributed by atoms with Gasteiger partial charge in [-0.25, -0.2) is 23.7 Å². The first-order chi connectivity index (χ1) is 20.7. The monoisotopic (exact) mass is 581 g/mol. The fourth-order valence-corrected chi connectivity index (χ4v) is 4.40. The zero-order valence-electron chi connectivity index (χ0n) is 23.6. The molecule has 0 saturated carbocycles. The third kappa shape index (κ3) is 7.52. The van der Waals surface area contributed by atoms with Crippen LogP contribution in [0.2, 0.25) is 0 Å². The maximum Gasteiger partial charge on any atom is 0.266 e. The molecule has 0 unspecified atom stereocenters. The Hall–Kier alpha value is -5.29. The molecule has 0 fully saturated rings. The van der Waals surface area contributed by atoms with Crippen LogP contribution in [0.25, 0.3) is 17.0 Å². The summed E-state index contributed by atoms with van der Waals surface area (Å²) in [7, 11) is 4.06. The quantitative estimate of drug-likeness (QED) is 0.245. The Morgan fingerprint density at radius 1 is 0.977 bits per heavy atom. The molecule has 2 aromatic heterocycles. The van der Waals surface area contributed by atoms with Crippen molar-refractivity contribution in [2.75, 3.05) is 26.0 Å². The van der Waals surface area contributed by atoms with Crippen LogP contribution in [0.5, 0.6) is 0 Å². The topological polar surface area (TPSA) is 105 Å². The minimum Gasteiger partial charge on any atom is -0.348 e. The molecule has 0 aliphatic carbocycles. The number of hydrogen-bond donors (Lipinski definition) is 2. The zero-order chi connectivity index (χ0) is 30.3. The van der Waals surface area contributed by atoms with Crippen LogP contribution in [0.4, 0.5) is 20.4 Å². The second-order valence-electron chi connectivity index (χ2n) is 10.2. The van der Waals surface area contributed by atoms with Crippen molar-refractivity contribution in [1.29, 1.82) is 0 Å². The Labute approximate surface area is 246 Å². The van der Waals surface area contributed by atoms with Crippen molar-refractivity contribution in [1.82, 2.24) is 29.7 Å². The lowest BCUT2D eigenvalue weighted by Crippen LogP contribution is -2.33. The molecule has 0 aliphatic rings. The summed E-state index contributed by atoms with van der Waals surface area (Å²) in [6.07, 6.45) is 7.76. The molecule has 2 N–H and O–H groups in total. The predicted octanol–water partition coefficient (Wildman–Crippen LogP) is 4.76. The van der Waals surface area contributed by atoms with E-state index in [9.17, 15) is 18.4 Å². The highest BCUT2D eigenvalue weighted by Gasteiger charge is 2.13. The standard InChI is InChI=1S/C32H29F2N7O2/c1-40(2)18-22-5-9-25(10-6-22)38-32-37-16-24-14-21(8-12-29(24)39-32)4-3-13-36-30(42)26-17-35-20-41(31(26)43)19-23-7-11-27(33)28(34)15-23/h3-12,14-17,20H,13,18-19H2,1-2H3,(H,36,42)(H,37,38,39)/b4-3+. The van der Waals surface area contributed by atoms with E-state index in [0.717, 1.165) is 45.4 Å². The lowest BCUT2D eigenvalue weighted by Gasteiger charge is -2.11. The van der Waals surface area contributed by atoms with E-state index >= 15 is 0 Å². The lowest BCUT2D eigenvalue weighted by atomic mass is 10.1. The second kappa shape index (κ2) is 13.1. The van der Waals surface area contributed by atoms with Gasteiger partial charge in [0.05, 0.1) is 18.4 Å². The summed E-state index contributed by atoms with van der Waals surface area (Å²) in [4.78, 5) is 40.5. The number of nitrogens with one attached hydrogen (secondary N) is 2. The largest absolute Gasteiger partial charge is 0.348 e. The van der Waals surface area contributed by atoms with Gasteiger partial charge in [-0.05, 0) is 67.2 Å². The minimum atomic E-state index is -1.02. The fourth-order valence-electron chi connectivity index (χ4n) is 4.40. The molecule has 5 rings (SSSR count). The third-order valence-corrected chi connectivity index (χ3v) is 6.49. The van der Waals surface area contributed by atoms with E-state index in [-0.39, 0.29) is 18.7 Å². The summed E-state index contributed by atoms with van der Waals surface area (Å²) < 4.78 is 27.9. The van der Waals surface area contributed by atoms with Gasteiger partial charge in [-0.2, -0.15) is 0 Å². The van der Waals surface area contributed by atoms with Crippen molar-refractivity contribution < 1.29 is 13.6 Å². The molecule has 0 bridgehead atoms. The first-order valence-corrected chi connectivity index (χ1v) is 13.5. The summed E-state index contributed by atoms with van der Waals surface area (Å²) in [6, 6.07) is 17.2. The zero-order valence-corrected chi connectivity index (χ0v) is 23.6. The summed E-state index contributed by atoms with van der Waals surface area (Å²) in [5.74, 6) is -2.09. The Morgan fingerprint density at radius 3 is 2.53 bits per heavy atom. The molecule has 1 amide bonds. The van der Waals surface area contributed by atoms with Gasteiger partial charge in [-0.3, -0.25) is 14.2 Å². The van der Waals surface area contributed by atoms with Crippen LogP contribution in [0.3, 0.4) is 0 Å². The van der Waals surface area contributed by atoms with Crippen molar-refractivity contribution in [3.05, 3.63) is 130 Å². The molecular weight excluding hydrogens is 552 g/mol. The van der Waals surface area contributed by atoms with Crippen LogP contribution in [-0.2, 0) is 13.1 Å². The van der Waals surface area contributed by atoms with E-state index < -0.39 is 23.1 Å². The highest BCUT2D eigenvalue weighted by molar-refractivity contribution is 5.93. The van der Waals surface area contributed by atoms with Gasteiger partial charge in [0.25, 0.3) is 11.5 Å². The number of nitrogens with zero attached hydrogens (tertiary/aromatic N) is 5. The number of aromatic nitrogens is 4. The van der Waals surface area contributed by atoms with Gasteiger partial charge >= 0.3 is 0 Å². The smallest absolute Gasteiger partial charge is 0.266 e. The molecule has 0 saturated heterocycles. The number of carbonyl (C=O) groups is 1. The molecular formula is C32H29F2N7O2. The van der Waals surface area contributed by atoms with Crippen LogP contribution in [0.15, 0.2) is 90.3 Å². The van der Waals surface area contributed by atoms with E-state index in [4.69, 9.17) is 0 Å². The maximum absolute atomic E-state index is 13.5. The van der Waals surface area contributed by atoms with Gasteiger partial charge in [0, 0.05) is 36.6 Å². The first kappa shape index (κ1) is 29.2. The normalized spacial score (nSPS) is 11.4. The Morgan fingerprint density at radius 2 is 1.77 bits per heavy atom. The van der Waals surface area contributed by atoms with E-state index in [1.807, 2.05) is 50.5 Å². The number of rotatable bonds is 10. The molecule has 0 radical (unpaired) electrons. The highest BCUT2D eigenvalue weighted by atomic mass is 19.2. The molecule has 43 heavy (non-hydrogen) atoms. The van der Waals surface area contributed by atoms with E-state index in [1.54, 1.807) is 12.3 Å². The van der Waals surface area contributed by atoms with Crippen molar-refractivity contribution in [2.45, 2.75) is 13.1 Å². The molecule has 0 spiro atoms. The van der Waals surface area contributed by atoms with Crippen LogP contribution in [0.1, 0.15) is 27.0 Å². The summed E-state index contributed by atoms with van der Waals surface area (Å²) in [5.41, 5.74) is 3.40. The molecule has 0 atom stereocenters. The average Bonchev–Trinajstić information content (AvgIpc) is 2.99. The predicted molar refractivity (Wildman–Crippen MR) is 162 cm³/mol. The van der Waals surface area contributed by atoms with Crippen LogP contribution < -0.4 is 16.2 Å². The molecule has 218 valence electrons. The molecule has 2 heterocycles. The van der Waals surface area contributed by atoms with Gasteiger partial charge in [-0.15, -0.1) is 0 Å². The molecule has 11 heteroatoms. The Bertz CT molecular complexity index is 1850. The van der Waals surface area contributed by atoms with Crippen molar-refractivity contribution in [3.8, 4) is 0 Å². The summed E-state index contributed by atoms with van der Waals surface area (Å²) >= 11 is 0. The highest BCUT2D eigenvalue weighted by Crippen LogP contribution is 2.19. The van der Waals surface area contributed by atoms with Crippen LogP contribution in [0, 0.1) is 11.6 Å². The molecule has 3 aromatic carbocycles. The van der Waals surface area contributed by atoms with Gasteiger partial charge in [0.1, 0.15) is 5.56 Å². The van der Waals surface area contributed by atoms with Gasteiger partial charge < -0.3 is 15.5 Å². The van der Waals surface area contributed by atoms with Gasteiger partial charge in [0.2, 0.25) is 5.95 Å². The van der Waals surface area contributed by atoms with Crippen LogP contribution in [-0.4, -0.2) is 51.0 Å². The number of halogens is 2. The van der Waals surface area contributed by atoms with Crippen LogP contribution >= 0.6 is 0 Å². The molecule has 0 aliphatic heterocycles. The number of amides is 1. The van der Waals surface area contributed by atoms with Crippen molar-refractivity contribution in [3.63, 3.8) is 0 Å². The number of benzene rings is 3. The van der Waals surface area contributed by atoms with Gasteiger partial charge in [-0.1, -0.05) is 36.4 Å². The number of anilines is 2. The van der Waals surface area contributed by atoms with E-state index in [1.165, 1.54) is 24.2 Å². The lowest BCUT2D eigenvalue weighted by molar-refractivity contribution is 0.0955. The fraction of sp³-hybridized carbons (Fsp3) is 0.156. The Balaban J connectivity index is 1.18. The molecule has 9 nitrogen and oxygen atoms in total. The number of fused-ring (bicyclic) bond motifs is 1. The van der Waals surface area contributed by atoms with Gasteiger partial charge in [0.15, 0.2) is 11.6 Å². The summed E-state index contributed by atoms with van der Waals surface area (Å²) in [5, 5.41) is 6.76. The van der Waals surface area contributed by atoms with E-state index in [0.29, 0.717) is 11.5 Å². The number of hydrogen-bond acceptors (Lipinski definition) is 7. The minimum absolute atomic E-state index is 0.0581. The first-order valence-electron chi connectivity index (χ1n) is 13.5. The average molecular weight is 582 g/mol. The SMILES string of the molecule is CN(C)Cc1ccc(Nc2ncc3cc(/C=C/CNC(=O)c4cncn(Cc5ccc(F)c(F)c5)c4=O)ccc3n2)cc1. The Kier molecular flexibility index (Phi) is 8.92. The second-order valence-corrected chi connectivity index (χ2v) is 10.2. The maximum atomic E-state index is 13.5. The van der Waals surface area contributed by atoms with Crippen molar-refractivity contribution >= 4 is 34.5 Å². The van der Waals surface area contributed by atoms with E-state index in [2.05, 4.69) is 42.6 Å².